The van der Waals surface area contributed by atoms with Gasteiger partial charge in [0.1, 0.15) is 5.70 Å². The molecule has 1 aromatic heterocycles. The number of hydrogen-bond acceptors (Lipinski definition) is 3. The third-order valence-electron chi connectivity index (χ3n) is 2.79. The van der Waals surface area contributed by atoms with Crippen LogP contribution in [0.2, 0.25) is 0 Å². The van der Waals surface area contributed by atoms with Crippen LogP contribution in [0.15, 0.2) is 54.5 Å². The lowest BCUT2D eigenvalue weighted by molar-refractivity contribution is -0.132. The third-order valence-corrected chi connectivity index (χ3v) is 2.79. The van der Waals surface area contributed by atoms with E-state index in [2.05, 4.69) is 10.3 Å². The van der Waals surface area contributed by atoms with Gasteiger partial charge >= 0.3 is 5.97 Å². The number of hydrogen-bond donors (Lipinski definition) is 2. The molecule has 0 saturated carbocycles. The quantitative estimate of drug-likeness (QED) is 0.843. The van der Waals surface area contributed by atoms with Crippen LogP contribution in [0.1, 0.15) is 21.5 Å². The Morgan fingerprint density at radius 3 is 2.48 bits per heavy atom. The van der Waals surface area contributed by atoms with E-state index >= 15 is 0 Å². The molecule has 0 spiro atoms. The first-order valence-electron chi connectivity index (χ1n) is 6.29. The normalized spacial score (nSPS) is 11.0. The first-order valence-corrected chi connectivity index (χ1v) is 6.29. The minimum atomic E-state index is -1.21. The monoisotopic (exact) mass is 282 g/mol. The third kappa shape index (κ3) is 4.01. The van der Waals surface area contributed by atoms with Crippen molar-refractivity contribution in [3.05, 3.63) is 71.2 Å². The van der Waals surface area contributed by atoms with Crippen molar-refractivity contribution in [2.75, 3.05) is 0 Å². The number of carboxylic acids is 1. The van der Waals surface area contributed by atoms with Crippen molar-refractivity contribution in [3.8, 4) is 0 Å². The molecule has 5 heteroatoms. The summed E-state index contributed by atoms with van der Waals surface area (Å²) in [6, 6.07) is 10.3. The van der Waals surface area contributed by atoms with Crippen LogP contribution in [0.25, 0.3) is 6.08 Å². The summed E-state index contributed by atoms with van der Waals surface area (Å²) in [7, 11) is 0. The van der Waals surface area contributed by atoms with Crippen molar-refractivity contribution in [1.82, 2.24) is 10.3 Å². The molecule has 1 aromatic carbocycles. The van der Waals surface area contributed by atoms with E-state index in [1.807, 2.05) is 6.92 Å². The average molecular weight is 282 g/mol. The lowest BCUT2D eigenvalue weighted by Crippen LogP contribution is -2.27. The summed E-state index contributed by atoms with van der Waals surface area (Å²) in [6.45, 7) is 1.91. The van der Waals surface area contributed by atoms with E-state index < -0.39 is 11.9 Å². The molecule has 0 bridgehead atoms. The highest BCUT2D eigenvalue weighted by atomic mass is 16.4. The second-order valence-corrected chi connectivity index (χ2v) is 4.47. The van der Waals surface area contributed by atoms with Crippen LogP contribution in [0, 0.1) is 6.92 Å². The number of aliphatic carboxylic acids is 1. The summed E-state index contributed by atoms with van der Waals surface area (Å²) in [4.78, 5) is 27.1. The summed E-state index contributed by atoms with van der Waals surface area (Å²) in [6.07, 6.45) is 4.46. The zero-order valence-electron chi connectivity index (χ0n) is 11.4. The Kier molecular flexibility index (Phi) is 4.46. The van der Waals surface area contributed by atoms with Crippen molar-refractivity contribution >= 4 is 18.0 Å². The number of rotatable bonds is 4. The average Bonchev–Trinajstić information content (AvgIpc) is 2.48. The topological polar surface area (TPSA) is 79.3 Å². The lowest BCUT2D eigenvalue weighted by atomic mass is 10.1. The fraction of sp³-hybridized carbons (Fsp3) is 0.0625. The maximum absolute atomic E-state index is 12.0. The van der Waals surface area contributed by atoms with Gasteiger partial charge in [0.2, 0.25) is 0 Å². The van der Waals surface area contributed by atoms with Gasteiger partial charge in [-0.3, -0.25) is 9.78 Å². The second-order valence-electron chi connectivity index (χ2n) is 4.47. The Bertz CT molecular complexity index is 676. The molecule has 2 N–H and O–H groups in total. The summed E-state index contributed by atoms with van der Waals surface area (Å²) >= 11 is 0. The van der Waals surface area contributed by atoms with Gasteiger partial charge in [0.15, 0.2) is 0 Å². The van der Waals surface area contributed by atoms with E-state index in [-0.39, 0.29) is 5.70 Å². The minimum absolute atomic E-state index is 0.200. The minimum Gasteiger partial charge on any atom is -0.477 e. The van der Waals surface area contributed by atoms with Crippen LogP contribution in [0.3, 0.4) is 0 Å². The van der Waals surface area contributed by atoms with E-state index in [9.17, 15) is 14.7 Å². The molecule has 0 atom stereocenters. The highest BCUT2D eigenvalue weighted by Gasteiger charge is 2.13. The van der Waals surface area contributed by atoms with Crippen LogP contribution < -0.4 is 5.32 Å². The number of carbonyl (C=O) groups excluding carboxylic acids is 1. The van der Waals surface area contributed by atoms with Crippen molar-refractivity contribution in [2.45, 2.75) is 6.92 Å². The first kappa shape index (κ1) is 14.5. The molecule has 1 amide bonds. The predicted molar refractivity (Wildman–Crippen MR) is 78.5 cm³/mol. The maximum atomic E-state index is 12.0. The van der Waals surface area contributed by atoms with Gasteiger partial charge in [-0.25, -0.2) is 4.79 Å². The smallest absolute Gasteiger partial charge is 0.352 e. The maximum Gasteiger partial charge on any atom is 0.352 e. The Morgan fingerprint density at radius 2 is 1.90 bits per heavy atom. The van der Waals surface area contributed by atoms with Crippen LogP contribution in [0.4, 0.5) is 0 Å². The van der Waals surface area contributed by atoms with E-state index in [0.717, 1.165) is 5.56 Å². The van der Waals surface area contributed by atoms with Gasteiger partial charge in [-0.2, -0.15) is 0 Å². The van der Waals surface area contributed by atoms with Gasteiger partial charge in [0.05, 0.1) is 0 Å². The number of nitrogens with one attached hydrogen (secondary N) is 1. The molecule has 1 heterocycles. The van der Waals surface area contributed by atoms with E-state index in [0.29, 0.717) is 11.1 Å². The highest BCUT2D eigenvalue weighted by molar-refractivity contribution is 6.02. The van der Waals surface area contributed by atoms with Gasteiger partial charge in [-0.05, 0) is 36.8 Å². The number of aryl methyl sites for hydroxylation is 1. The lowest BCUT2D eigenvalue weighted by Gasteiger charge is -2.06. The molecule has 0 radical (unpaired) electrons. The van der Waals surface area contributed by atoms with E-state index in [4.69, 9.17) is 0 Å². The fourth-order valence-electron chi connectivity index (χ4n) is 1.68. The van der Waals surface area contributed by atoms with E-state index in [1.165, 1.54) is 12.3 Å². The summed E-state index contributed by atoms with van der Waals surface area (Å²) in [5, 5.41) is 11.6. The molecular weight excluding hydrogens is 268 g/mol. The van der Waals surface area contributed by atoms with Crippen molar-refractivity contribution < 1.29 is 14.7 Å². The predicted octanol–water partition coefficient (Wildman–Crippen LogP) is 2.25. The van der Waals surface area contributed by atoms with Crippen LogP contribution in [0.5, 0.6) is 0 Å². The van der Waals surface area contributed by atoms with Gasteiger partial charge in [-0.15, -0.1) is 0 Å². The largest absolute Gasteiger partial charge is 0.477 e. The zero-order valence-corrected chi connectivity index (χ0v) is 11.4. The van der Waals surface area contributed by atoms with Gasteiger partial charge in [0.25, 0.3) is 5.91 Å². The van der Waals surface area contributed by atoms with Crippen molar-refractivity contribution in [2.24, 2.45) is 0 Å². The SMILES string of the molecule is Cc1ccc(C(=O)NC(=Cc2cccnc2)C(=O)O)cc1. The molecule has 106 valence electrons. The second kappa shape index (κ2) is 6.47. The molecule has 0 fully saturated rings. The molecule has 2 rings (SSSR count). The number of amides is 1. The number of pyridine rings is 1. The Balaban J connectivity index is 2.21. The molecule has 0 aliphatic rings. The molecule has 21 heavy (non-hydrogen) atoms. The van der Waals surface area contributed by atoms with Crippen molar-refractivity contribution in [3.63, 3.8) is 0 Å². The number of nitrogens with zero attached hydrogens (tertiary/aromatic N) is 1. The van der Waals surface area contributed by atoms with Crippen LogP contribution in [-0.2, 0) is 4.79 Å². The van der Waals surface area contributed by atoms with E-state index in [1.54, 1.807) is 42.6 Å². The zero-order chi connectivity index (χ0) is 15.2. The summed E-state index contributed by atoms with van der Waals surface area (Å²) in [5.74, 6) is -1.67. The van der Waals surface area contributed by atoms with Crippen LogP contribution in [-0.4, -0.2) is 22.0 Å². The Labute approximate surface area is 122 Å². The molecule has 0 aliphatic carbocycles. The van der Waals surface area contributed by atoms with Gasteiger partial charge in [-0.1, -0.05) is 23.8 Å². The molecule has 0 aliphatic heterocycles. The number of carboxylic acid groups (broad SMARTS) is 1. The van der Waals surface area contributed by atoms with Crippen LogP contribution >= 0.6 is 0 Å². The number of carbonyl (C=O) groups is 2. The molecular formula is C16H14N2O3. The Morgan fingerprint density at radius 1 is 1.19 bits per heavy atom. The highest BCUT2D eigenvalue weighted by Crippen LogP contribution is 2.07. The summed E-state index contributed by atoms with van der Waals surface area (Å²) in [5.41, 5.74) is 1.82. The summed E-state index contributed by atoms with van der Waals surface area (Å²) < 4.78 is 0. The first-order chi connectivity index (χ1) is 10.1. The molecule has 0 unspecified atom stereocenters. The fourth-order valence-corrected chi connectivity index (χ4v) is 1.68. The molecule has 0 saturated heterocycles. The number of benzene rings is 1. The van der Waals surface area contributed by atoms with Gasteiger partial charge in [0, 0.05) is 18.0 Å². The van der Waals surface area contributed by atoms with Crippen molar-refractivity contribution in [1.29, 1.82) is 0 Å². The Hall–Kier alpha value is -2.95. The number of aromatic nitrogens is 1. The molecule has 5 nitrogen and oxygen atoms in total. The molecule has 2 aromatic rings. The standard InChI is InChI=1S/C16H14N2O3/c1-11-4-6-13(7-5-11)15(19)18-14(16(20)21)9-12-3-2-8-17-10-12/h2-10H,1H3,(H,18,19)(H,20,21). The van der Waals surface area contributed by atoms with Gasteiger partial charge < -0.3 is 10.4 Å².